The SMILES string of the molecule is CC(C)CCOC(=O)c1ccc(NC(=O)c2cncc(Br)c2)cc1. The molecule has 0 spiro atoms. The van der Waals surface area contributed by atoms with E-state index in [1.807, 2.05) is 0 Å². The van der Waals surface area contributed by atoms with E-state index < -0.39 is 0 Å². The van der Waals surface area contributed by atoms with Crippen molar-refractivity contribution < 1.29 is 14.3 Å². The molecule has 1 aromatic heterocycles. The number of halogens is 1. The average molecular weight is 391 g/mol. The Morgan fingerprint density at radius 2 is 1.88 bits per heavy atom. The highest BCUT2D eigenvalue weighted by Crippen LogP contribution is 2.14. The minimum atomic E-state index is -0.357. The number of aromatic nitrogens is 1. The molecule has 5 nitrogen and oxygen atoms in total. The first kappa shape index (κ1) is 18.1. The van der Waals surface area contributed by atoms with Crippen LogP contribution in [0.15, 0.2) is 47.2 Å². The summed E-state index contributed by atoms with van der Waals surface area (Å²) in [5.41, 5.74) is 1.50. The smallest absolute Gasteiger partial charge is 0.338 e. The summed E-state index contributed by atoms with van der Waals surface area (Å²) < 4.78 is 5.93. The molecule has 2 rings (SSSR count). The molecule has 0 saturated carbocycles. The van der Waals surface area contributed by atoms with Gasteiger partial charge in [0.25, 0.3) is 5.91 Å². The Balaban J connectivity index is 1.94. The summed E-state index contributed by atoms with van der Waals surface area (Å²) in [7, 11) is 0. The third kappa shape index (κ3) is 5.45. The monoisotopic (exact) mass is 390 g/mol. The van der Waals surface area contributed by atoms with Crippen LogP contribution in [0, 0.1) is 5.92 Å². The Bertz CT molecular complexity index is 714. The molecule has 0 aliphatic heterocycles. The first-order valence-corrected chi connectivity index (χ1v) is 8.44. The summed E-state index contributed by atoms with van der Waals surface area (Å²) in [6, 6.07) is 8.28. The molecule has 1 amide bonds. The van der Waals surface area contributed by atoms with Gasteiger partial charge in [0.05, 0.1) is 17.7 Å². The predicted octanol–water partition coefficient (Wildman–Crippen LogP) is 4.30. The second kappa shape index (κ2) is 8.59. The molecule has 1 heterocycles. The summed E-state index contributed by atoms with van der Waals surface area (Å²) in [6.45, 7) is 4.56. The van der Waals surface area contributed by atoms with Crippen molar-refractivity contribution in [3.63, 3.8) is 0 Å². The molecule has 1 N–H and O–H groups in total. The number of benzene rings is 1. The number of nitrogens with one attached hydrogen (secondary N) is 1. The number of hydrogen-bond donors (Lipinski definition) is 1. The van der Waals surface area contributed by atoms with E-state index in [0.29, 0.717) is 29.3 Å². The van der Waals surface area contributed by atoms with Crippen LogP contribution in [0.4, 0.5) is 5.69 Å². The fraction of sp³-hybridized carbons (Fsp3) is 0.278. The number of carbonyl (C=O) groups excluding carboxylic acids is 2. The maximum absolute atomic E-state index is 12.1. The molecule has 0 saturated heterocycles. The van der Waals surface area contributed by atoms with Gasteiger partial charge in [-0.15, -0.1) is 0 Å². The van der Waals surface area contributed by atoms with Crippen LogP contribution in [0.1, 0.15) is 41.0 Å². The van der Waals surface area contributed by atoms with E-state index in [1.165, 1.54) is 6.20 Å². The van der Waals surface area contributed by atoms with Gasteiger partial charge in [-0.05, 0) is 58.6 Å². The maximum Gasteiger partial charge on any atom is 0.338 e. The molecule has 6 heteroatoms. The zero-order valence-corrected chi connectivity index (χ0v) is 15.2. The third-order valence-electron chi connectivity index (χ3n) is 3.27. The maximum atomic E-state index is 12.1. The van der Waals surface area contributed by atoms with E-state index in [4.69, 9.17) is 4.74 Å². The molecule has 24 heavy (non-hydrogen) atoms. The fourth-order valence-corrected chi connectivity index (χ4v) is 2.26. The molecule has 0 aliphatic rings. The summed E-state index contributed by atoms with van der Waals surface area (Å²) >= 11 is 3.28. The van der Waals surface area contributed by atoms with Crippen LogP contribution >= 0.6 is 15.9 Å². The molecule has 0 unspecified atom stereocenters. The number of nitrogens with zero attached hydrogens (tertiary/aromatic N) is 1. The minimum Gasteiger partial charge on any atom is -0.462 e. The van der Waals surface area contributed by atoms with Gasteiger partial charge in [-0.2, -0.15) is 0 Å². The van der Waals surface area contributed by atoms with Crippen LogP contribution < -0.4 is 5.32 Å². The lowest BCUT2D eigenvalue weighted by molar-refractivity contribution is 0.0488. The number of esters is 1. The highest BCUT2D eigenvalue weighted by atomic mass is 79.9. The van der Waals surface area contributed by atoms with Crippen molar-refractivity contribution in [3.05, 3.63) is 58.3 Å². The highest BCUT2D eigenvalue weighted by molar-refractivity contribution is 9.10. The lowest BCUT2D eigenvalue weighted by atomic mass is 10.1. The van der Waals surface area contributed by atoms with Crippen molar-refractivity contribution in [3.8, 4) is 0 Å². The van der Waals surface area contributed by atoms with Crippen molar-refractivity contribution in [1.82, 2.24) is 4.98 Å². The number of carbonyl (C=O) groups is 2. The number of amides is 1. The van der Waals surface area contributed by atoms with Crippen molar-refractivity contribution in [2.75, 3.05) is 11.9 Å². The van der Waals surface area contributed by atoms with E-state index in [0.717, 1.165) is 10.9 Å². The van der Waals surface area contributed by atoms with Crippen LogP contribution in [-0.2, 0) is 4.74 Å². The van der Waals surface area contributed by atoms with Gasteiger partial charge in [-0.1, -0.05) is 13.8 Å². The molecule has 0 fully saturated rings. The molecule has 0 atom stereocenters. The Labute approximate surface area is 149 Å². The summed E-state index contributed by atoms with van der Waals surface area (Å²) in [4.78, 5) is 28.0. The lowest BCUT2D eigenvalue weighted by Crippen LogP contribution is -2.12. The summed E-state index contributed by atoms with van der Waals surface area (Å²) in [5, 5.41) is 2.76. The Morgan fingerprint density at radius 1 is 1.17 bits per heavy atom. The first-order valence-electron chi connectivity index (χ1n) is 7.65. The quantitative estimate of drug-likeness (QED) is 0.746. The largest absolute Gasteiger partial charge is 0.462 e. The number of hydrogen-bond acceptors (Lipinski definition) is 4. The van der Waals surface area contributed by atoms with Crippen LogP contribution in [0.5, 0.6) is 0 Å². The fourth-order valence-electron chi connectivity index (χ4n) is 1.90. The van der Waals surface area contributed by atoms with Crippen LogP contribution in [0.25, 0.3) is 0 Å². The van der Waals surface area contributed by atoms with Gasteiger partial charge >= 0.3 is 5.97 Å². The molecule has 126 valence electrons. The molecule has 0 aliphatic carbocycles. The van der Waals surface area contributed by atoms with E-state index in [-0.39, 0.29) is 11.9 Å². The second-order valence-electron chi connectivity index (χ2n) is 5.74. The molecule has 0 radical (unpaired) electrons. The zero-order valence-electron chi connectivity index (χ0n) is 13.6. The van der Waals surface area contributed by atoms with E-state index >= 15 is 0 Å². The van der Waals surface area contributed by atoms with Gasteiger partial charge in [0, 0.05) is 22.6 Å². The predicted molar refractivity (Wildman–Crippen MR) is 96.1 cm³/mol. The molecule has 2 aromatic rings. The van der Waals surface area contributed by atoms with E-state index in [2.05, 4.69) is 40.1 Å². The van der Waals surface area contributed by atoms with Crippen molar-refractivity contribution in [2.45, 2.75) is 20.3 Å². The normalized spacial score (nSPS) is 10.5. The van der Waals surface area contributed by atoms with E-state index in [9.17, 15) is 9.59 Å². The zero-order chi connectivity index (χ0) is 17.5. The Morgan fingerprint density at radius 3 is 2.50 bits per heavy atom. The standard InChI is InChI=1S/C18H19BrN2O3/c1-12(2)7-8-24-18(23)13-3-5-16(6-4-13)21-17(22)14-9-15(19)11-20-10-14/h3-6,9-12H,7-8H2,1-2H3,(H,21,22). The number of anilines is 1. The lowest BCUT2D eigenvalue weighted by Gasteiger charge is -2.08. The average Bonchev–Trinajstić information content (AvgIpc) is 2.55. The van der Waals surface area contributed by atoms with Crippen molar-refractivity contribution in [1.29, 1.82) is 0 Å². The van der Waals surface area contributed by atoms with Gasteiger partial charge < -0.3 is 10.1 Å². The summed E-state index contributed by atoms with van der Waals surface area (Å²) in [6.07, 6.45) is 3.93. The van der Waals surface area contributed by atoms with Gasteiger partial charge in [0.15, 0.2) is 0 Å². The minimum absolute atomic E-state index is 0.268. The molecular weight excluding hydrogens is 372 g/mol. The van der Waals surface area contributed by atoms with Crippen LogP contribution in [-0.4, -0.2) is 23.5 Å². The molecular formula is C18H19BrN2O3. The van der Waals surface area contributed by atoms with Crippen LogP contribution in [0.3, 0.4) is 0 Å². The summed E-state index contributed by atoms with van der Waals surface area (Å²) in [5.74, 6) is -0.135. The topological polar surface area (TPSA) is 68.3 Å². The van der Waals surface area contributed by atoms with Crippen LogP contribution in [0.2, 0.25) is 0 Å². The van der Waals surface area contributed by atoms with Crippen molar-refractivity contribution in [2.24, 2.45) is 5.92 Å². The molecule has 1 aromatic carbocycles. The number of pyridine rings is 1. The highest BCUT2D eigenvalue weighted by Gasteiger charge is 2.10. The Hall–Kier alpha value is -2.21. The first-order chi connectivity index (χ1) is 11.5. The third-order valence-corrected chi connectivity index (χ3v) is 3.71. The number of rotatable bonds is 6. The van der Waals surface area contributed by atoms with Gasteiger partial charge in [-0.25, -0.2) is 4.79 Å². The van der Waals surface area contributed by atoms with E-state index in [1.54, 1.807) is 36.5 Å². The van der Waals surface area contributed by atoms with Crippen molar-refractivity contribution >= 4 is 33.5 Å². The Kier molecular flexibility index (Phi) is 6.49. The van der Waals surface area contributed by atoms with Gasteiger partial charge in [0.2, 0.25) is 0 Å². The number of ether oxygens (including phenoxy) is 1. The van der Waals surface area contributed by atoms with Gasteiger partial charge in [-0.3, -0.25) is 9.78 Å². The molecule has 0 bridgehead atoms. The van der Waals surface area contributed by atoms with Gasteiger partial charge in [0.1, 0.15) is 0 Å². The second-order valence-corrected chi connectivity index (χ2v) is 6.66.